The van der Waals surface area contributed by atoms with E-state index in [9.17, 15) is 4.39 Å². The number of pyridine rings is 2. The molecule has 5 heteroatoms. The lowest BCUT2D eigenvalue weighted by Gasteiger charge is -2.11. The molecule has 0 saturated carbocycles. The number of aromatic nitrogens is 2. The number of aryl methyl sites for hydroxylation is 2. The summed E-state index contributed by atoms with van der Waals surface area (Å²) in [6.07, 6.45) is 1.86. The molecular weight excluding hydrogens is 245 g/mol. The van der Waals surface area contributed by atoms with Gasteiger partial charge in [-0.1, -0.05) is 6.92 Å². The van der Waals surface area contributed by atoms with E-state index >= 15 is 0 Å². The van der Waals surface area contributed by atoms with Crippen LogP contribution in [0.2, 0.25) is 0 Å². The minimum absolute atomic E-state index is 0.168. The third kappa shape index (κ3) is 3.06. The Morgan fingerprint density at radius 3 is 2.84 bits per heavy atom. The van der Waals surface area contributed by atoms with E-state index in [2.05, 4.69) is 9.97 Å². The average molecular weight is 261 g/mol. The number of hydrogen-bond acceptors (Lipinski definition) is 4. The molecule has 0 aliphatic heterocycles. The van der Waals surface area contributed by atoms with E-state index in [0.717, 1.165) is 24.0 Å². The smallest absolute Gasteiger partial charge is 0.223 e. The van der Waals surface area contributed by atoms with Gasteiger partial charge in [0.2, 0.25) is 5.88 Å². The number of halogens is 1. The lowest BCUT2D eigenvalue weighted by atomic mass is 10.2. The van der Waals surface area contributed by atoms with Gasteiger partial charge in [0.15, 0.2) is 5.75 Å². The summed E-state index contributed by atoms with van der Waals surface area (Å²) < 4.78 is 18.8. The number of ether oxygens (including phenoxy) is 1. The lowest BCUT2D eigenvalue weighted by Crippen LogP contribution is -2.04. The third-order valence-corrected chi connectivity index (χ3v) is 2.73. The molecule has 2 aromatic rings. The van der Waals surface area contributed by atoms with E-state index < -0.39 is 5.82 Å². The van der Waals surface area contributed by atoms with Crippen molar-refractivity contribution in [2.24, 2.45) is 5.73 Å². The zero-order chi connectivity index (χ0) is 13.8. The molecule has 0 aromatic carbocycles. The first-order chi connectivity index (χ1) is 9.13. The number of hydrogen-bond donors (Lipinski definition) is 1. The Morgan fingerprint density at radius 2 is 2.16 bits per heavy atom. The number of nitrogens with two attached hydrogens (primary N) is 1. The average Bonchev–Trinajstić information content (AvgIpc) is 2.42. The molecular formula is C14H16FN3O. The van der Waals surface area contributed by atoms with Gasteiger partial charge in [0.25, 0.3) is 0 Å². The monoisotopic (exact) mass is 261 g/mol. The molecule has 2 heterocycles. The fourth-order valence-electron chi connectivity index (χ4n) is 1.75. The zero-order valence-electron chi connectivity index (χ0n) is 11.0. The van der Waals surface area contributed by atoms with E-state index in [-0.39, 0.29) is 6.54 Å². The molecule has 19 heavy (non-hydrogen) atoms. The molecule has 4 nitrogen and oxygen atoms in total. The van der Waals surface area contributed by atoms with Crippen molar-refractivity contribution in [2.45, 2.75) is 26.8 Å². The van der Waals surface area contributed by atoms with Crippen molar-refractivity contribution in [2.75, 3.05) is 0 Å². The van der Waals surface area contributed by atoms with Gasteiger partial charge in [-0.25, -0.2) is 9.37 Å². The van der Waals surface area contributed by atoms with Crippen LogP contribution in [-0.2, 0) is 13.0 Å². The first kappa shape index (κ1) is 13.4. The molecule has 0 radical (unpaired) electrons. The molecule has 0 amide bonds. The van der Waals surface area contributed by atoms with Crippen LogP contribution in [0.3, 0.4) is 0 Å². The van der Waals surface area contributed by atoms with E-state index in [0.29, 0.717) is 17.2 Å². The molecule has 0 aliphatic rings. The van der Waals surface area contributed by atoms with Crippen molar-refractivity contribution < 1.29 is 9.13 Å². The topological polar surface area (TPSA) is 61.0 Å². The summed E-state index contributed by atoms with van der Waals surface area (Å²) in [5, 5.41) is 0. The maximum absolute atomic E-state index is 13.1. The molecule has 0 fully saturated rings. The lowest BCUT2D eigenvalue weighted by molar-refractivity contribution is 0.444. The fraction of sp³-hybridized carbons (Fsp3) is 0.286. The predicted octanol–water partition coefficient (Wildman–Crippen LogP) is 2.74. The van der Waals surface area contributed by atoms with Crippen molar-refractivity contribution >= 4 is 0 Å². The van der Waals surface area contributed by atoms with Gasteiger partial charge in [-0.15, -0.1) is 0 Å². The maximum atomic E-state index is 13.1. The van der Waals surface area contributed by atoms with Crippen molar-refractivity contribution in [1.29, 1.82) is 0 Å². The first-order valence-corrected chi connectivity index (χ1v) is 6.13. The van der Waals surface area contributed by atoms with Crippen molar-refractivity contribution in [3.8, 4) is 11.6 Å². The Kier molecular flexibility index (Phi) is 4.06. The Labute approximate surface area is 111 Å². The Hall–Kier alpha value is -2.01. The highest BCUT2D eigenvalue weighted by Crippen LogP contribution is 2.26. The maximum Gasteiger partial charge on any atom is 0.223 e. The molecule has 0 aliphatic carbocycles. The van der Waals surface area contributed by atoms with Crippen LogP contribution in [0.4, 0.5) is 4.39 Å². The van der Waals surface area contributed by atoms with Crippen LogP contribution < -0.4 is 10.5 Å². The summed E-state index contributed by atoms with van der Waals surface area (Å²) in [5.74, 6) is 0.525. The van der Waals surface area contributed by atoms with E-state index in [1.165, 1.54) is 6.07 Å². The molecule has 0 atom stereocenters. The van der Waals surface area contributed by atoms with Crippen molar-refractivity contribution in [3.63, 3.8) is 0 Å². The van der Waals surface area contributed by atoms with E-state index in [1.54, 1.807) is 0 Å². The van der Waals surface area contributed by atoms with Gasteiger partial charge in [-0.3, -0.25) is 4.98 Å². The second-order valence-electron chi connectivity index (χ2n) is 4.18. The quantitative estimate of drug-likeness (QED) is 0.919. The minimum atomic E-state index is -0.425. The standard InChI is InChI=1S/C14H16FN3O/c1-3-12-13(5-4-9(2)18-12)19-14-10(7-16)6-11(15)8-17-14/h4-6,8H,3,7,16H2,1-2H3. The molecule has 0 saturated heterocycles. The van der Waals surface area contributed by atoms with E-state index in [4.69, 9.17) is 10.5 Å². The summed E-state index contributed by atoms with van der Waals surface area (Å²) in [6, 6.07) is 5.03. The number of nitrogens with zero attached hydrogens (tertiary/aromatic N) is 2. The van der Waals surface area contributed by atoms with Crippen LogP contribution in [0, 0.1) is 12.7 Å². The minimum Gasteiger partial charge on any atom is -0.437 e. The predicted molar refractivity (Wildman–Crippen MR) is 70.5 cm³/mol. The third-order valence-electron chi connectivity index (χ3n) is 2.73. The molecule has 2 N–H and O–H groups in total. The summed E-state index contributed by atoms with van der Waals surface area (Å²) in [7, 11) is 0. The van der Waals surface area contributed by atoms with E-state index in [1.807, 2.05) is 26.0 Å². The molecule has 2 rings (SSSR count). The van der Waals surface area contributed by atoms with Crippen LogP contribution in [0.25, 0.3) is 0 Å². The summed E-state index contributed by atoms with van der Waals surface area (Å²) in [5.41, 5.74) is 7.86. The van der Waals surface area contributed by atoms with Gasteiger partial charge in [0.1, 0.15) is 5.82 Å². The highest BCUT2D eigenvalue weighted by molar-refractivity contribution is 5.35. The van der Waals surface area contributed by atoms with Gasteiger partial charge in [-0.2, -0.15) is 0 Å². The summed E-state index contributed by atoms with van der Waals surface area (Å²) >= 11 is 0. The Morgan fingerprint density at radius 1 is 1.37 bits per heavy atom. The SMILES string of the molecule is CCc1nc(C)ccc1Oc1ncc(F)cc1CN. The Bertz CT molecular complexity index is 535. The largest absolute Gasteiger partial charge is 0.437 e. The van der Waals surface area contributed by atoms with Crippen LogP contribution in [-0.4, -0.2) is 9.97 Å². The van der Waals surface area contributed by atoms with Gasteiger partial charge < -0.3 is 10.5 Å². The normalized spacial score (nSPS) is 10.5. The zero-order valence-corrected chi connectivity index (χ0v) is 11.0. The van der Waals surface area contributed by atoms with Crippen LogP contribution >= 0.6 is 0 Å². The van der Waals surface area contributed by atoms with Crippen LogP contribution in [0.5, 0.6) is 11.6 Å². The van der Waals surface area contributed by atoms with Gasteiger partial charge in [-0.05, 0) is 31.5 Å². The highest BCUT2D eigenvalue weighted by Gasteiger charge is 2.10. The summed E-state index contributed by atoms with van der Waals surface area (Å²) in [4.78, 5) is 8.34. The fourth-order valence-corrected chi connectivity index (χ4v) is 1.75. The second-order valence-corrected chi connectivity index (χ2v) is 4.18. The Balaban J connectivity index is 2.36. The van der Waals surface area contributed by atoms with Crippen LogP contribution in [0.15, 0.2) is 24.4 Å². The molecule has 2 aromatic heterocycles. The summed E-state index contributed by atoms with van der Waals surface area (Å²) in [6.45, 7) is 4.09. The number of rotatable bonds is 4. The highest BCUT2D eigenvalue weighted by atomic mass is 19.1. The van der Waals surface area contributed by atoms with Gasteiger partial charge in [0, 0.05) is 17.8 Å². The van der Waals surface area contributed by atoms with Crippen molar-refractivity contribution in [1.82, 2.24) is 9.97 Å². The molecule has 100 valence electrons. The van der Waals surface area contributed by atoms with Crippen molar-refractivity contribution in [3.05, 3.63) is 47.2 Å². The molecule has 0 bridgehead atoms. The second kappa shape index (κ2) is 5.75. The van der Waals surface area contributed by atoms with Gasteiger partial charge in [0.05, 0.1) is 11.9 Å². The first-order valence-electron chi connectivity index (χ1n) is 6.13. The molecule has 0 unspecified atom stereocenters. The van der Waals surface area contributed by atoms with Crippen LogP contribution in [0.1, 0.15) is 23.9 Å². The van der Waals surface area contributed by atoms with Gasteiger partial charge >= 0.3 is 0 Å². The molecule has 0 spiro atoms.